The monoisotopic (exact) mass is 136 g/mol. The van der Waals surface area contributed by atoms with E-state index in [2.05, 4.69) is 0 Å². The predicted molar refractivity (Wildman–Crippen MR) is 35.5 cm³/mol. The second-order valence-corrected chi connectivity index (χ2v) is 5.34. The highest BCUT2D eigenvalue weighted by Crippen LogP contribution is 2.44. The van der Waals surface area contributed by atoms with Crippen molar-refractivity contribution in [1.29, 1.82) is 0 Å². The summed E-state index contributed by atoms with van der Waals surface area (Å²) in [4.78, 5) is 8.96. The molecule has 3 heteroatoms. The third-order valence-electron chi connectivity index (χ3n) is 1.26. The van der Waals surface area contributed by atoms with E-state index >= 15 is 0 Å². The minimum absolute atomic E-state index is 0.0764. The first-order valence-corrected chi connectivity index (χ1v) is 4.73. The molecule has 8 heavy (non-hydrogen) atoms. The first-order chi connectivity index (χ1) is 3.50. The van der Waals surface area contributed by atoms with Gasteiger partial charge in [0.25, 0.3) is 0 Å². The molecule has 2 nitrogen and oxygen atoms in total. The Morgan fingerprint density at radius 1 is 1.62 bits per heavy atom. The van der Waals surface area contributed by atoms with Gasteiger partial charge in [0.2, 0.25) is 7.37 Å². The van der Waals surface area contributed by atoms with Crippen LogP contribution in [0, 0.1) is 0 Å². The van der Waals surface area contributed by atoms with Crippen LogP contribution in [0.4, 0.5) is 0 Å². The van der Waals surface area contributed by atoms with Gasteiger partial charge < -0.3 is 4.89 Å². The molecule has 0 aliphatic rings. The fourth-order valence-electron chi connectivity index (χ4n) is 0.365. The summed E-state index contributed by atoms with van der Waals surface area (Å²) < 4.78 is 10.8. The summed E-state index contributed by atoms with van der Waals surface area (Å²) in [5, 5.41) is 0. The van der Waals surface area contributed by atoms with Crippen molar-refractivity contribution in [3.05, 3.63) is 0 Å². The minimum atomic E-state index is -2.75. The lowest BCUT2D eigenvalue weighted by Crippen LogP contribution is -1.98. The van der Waals surface area contributed by atoms with E-state index in [9.17, 15) is 4.57 Å². The highest BCUT2D eigenvalue weighted by Gasteiger charge is 2.18. The number of hydrogen-bond acceptors (Lipinski definition) is 1. The smallest absolute Gasteiger partial charge is 0.202 e. The molecule has 0 bridgehead atoms. The van der Waals surface area contributed by atoms with Gasteiger partial charge >= 0.3 is 0 Å². The summed E-state index contributed by atoms with van der Waals surface area (Å²) in [6.07, 6.45) is 0.394. The van der Waals surface area contributed by atoms with Crippen LogP contribution >= 0.6 is 7.37 Å². The van der Waals surface area contributed by atoms with Crippen molar-refractivity contribution >= 4 is 7.37 Å². The van der Waals surface area contributed by atoms with E-state index in [-0.39, 0.29) is 5.66 Å². The summed E-state index contributed by atoms with van der Waals surface area (Å²) >= 11 is 0. The molecule has 1 N–H and O–H groups in total. The van der Waals surface area contributed by atoms with E-state index < -0.39 is 7.37 Å². The standard InChI is InChI=1S/C5H13O2P/c1-4-8(6,7)5(2)3/h5H,4H2,1-3H3,(H,6,7). The first kappa shape index (κ1) is 8.19. The van der Waals surface area contributed by atoms with Crippen molar-refractivity contribution < 1.29 is 9.46 Å². The molecule has 0 saturated carbocycles. The molecule has 0 spiro atoms. The number of rotatable bonds is 2. The molecule has 1 atom stereocenters. The van der Waals surface area contributed by atoms with Gasteiger partial charge in [0, 0.05) is 11.8 Å². The average molecular weight is 136 g/mol. The fourth-order valence-corrected chi connectivity index (χ4v) is 1.10. The summed E-state index contributed by atoms with van der Waals surface area (Å²) in [5.41, 5.74) is -0.0764. The molecule has 0 amide bonds. The van der Waals surface area contributed by atoms with E-state index in [0.29, 0.717) is 6.16 Å². The Morgan fingerprint density at radius 2 is 2.00 bits per heavy atom. The first-order valence-electron chi connectivity index (χ1n) is 2.82. The van der Waals surface area contributed by atoms with Gasteiger partial charge in [0.1, 0.15) is 0 Å². The Kier molecular flexibility index (Phi) is 2.72. The van der Waals surface area contributed by atoms with Crippen LogP contribution in [0.15, 0.2) is 0 Å². The molecule has 0 aromatic heterocycles. The SMILES string of the molecule is CCP(=O)(O)C(C)C. The maximum Gasteiger partial charge on any atom is 0.202 e. The normalized spacial score (nSPS) is 18.6. The van der Waals surface area contributed by atoms with E-state index in [1.54, 1.807) is 20.8 Å². The molecule has 0 radical (unpaired) electrons. The van der Waals surface area contributed by atoms with Gasteiger partial charge in [-0.2, -0.15) is 0 Å². The summed E-state index contributed by atoms with van der Waals surface area (Å²) in [6, 6.07) is 0. The summed E-state index contributed by atoms with van der Waals surface area (Å²) in [7, 11) is -2.75. The Balaban J connectivity index is 3.93. The maximum atomic E-state index is 10.8. The summed E-state index contributed by atoms with van der Waals surface area (Å²) in [5.74, 6) is 0. The molecule has 0 aliphatic heterocycles. The second-order valence-electron chi connectivity index (χ2n) is 2.17. The molecule has 0 fully saturated rings. The average Bonchev–Trinajstić information content (AvgIpc) is 1.67. The third kappa shape index (κ3) is 1.97. The van der Waals surface area contributed by atoms with E-state index in [1.165, 1.54) is 0 Å². The van der Waals surface area contributed by atoms with Gasteiger partial charge in [-0.05, 0) is 0 Å². The third-order valence-corrected chi connectivity index (χ3v) is 3.78. The zero-order chi connectivity index (χ0) is 6.78. The highest BCUT2D eigenvalue weighted by molar-refractivity contribution is 7.58. The highest BCUT2D eigenvalue weighted by atomic mass is 31.2. The molecule has 0 aliphatic carbocycles. The lowest BCUT2D eigenvalue weighted by Gasteiger charge is -2.11. The van der Waals surface area contributed by atoms with Crippen LogP contribution in [-0.2, 0) is 4.57 Å². The molecule has 0 heterocycles. The van der Waals surface area contributed by atoms with Crippen LogP contribution in [0.3, 0.4) is 0 Å². The van der Waals surface area contributed by atoms with Gasteiger partial charge in [0.15, 0.2) is 0 Å². The minimum Gasteiger partial charge on any atom is -0.344 e. The lowest BCUT2D eigenvalue weighted by atomic mass is 10.6. The molecule has 0 saturated heterocycles. The lowest BCUT2D eigenvalue weighted by molar-refractivity contribution is 0.470. The van der Waals surface area contributed by atoms with Crippen molar-refractivity contribution in [2.24, 2.45) is 0 Å². The topological polar surface area (TPSA) is 37.3 Å². The van der Waals surface area contributed by atoms with Gasteiger partial charge in [-0.1, -0.05) is 20.8 Å². The quantitative estimate of drug-likeness (QED) is 0.586. The molecule has 50 valence electrons. The molecule has 0 aromatic carbocycles. The Hall–Kier alpha value is 0.190. The van der Waals surface area contributed by atoms with Crippen LogP contribution in [0.25, 0.3) is 0 Å². The Morgan fingerprint density at radius 3 is 2.00 bits per heavy atom. The van der Waals surface area contributed by atoms with Gasteiger partial charge in [-0.3, -0.25) is 4.57 Å². The van der Waals surface area contributed by atoms with Crippen molar-refractivity contribution in [1.82, 2.24) is 0 Å². The van der Waals surface area contributed by atoms with Crippen molar-refractivity contribution in [3.63, 3.8) is 0 Å². The van der Waals surface area contributed by atoms with Crippen LogP contribution < -0.4 is 0 Å². The predicted octanol–water partition coefficient (Wildman–Crippen LogP) is 1.69. The van der Waals surface area contributed by atoms with Gasteiger partial charge in [-0.25, -0.2) is 0 Å². The summed E-state index contributed by atoms with van der Waals surface area (Å²) in [6.45, 7) is 5.27. The zero-order valence-corrected chi connectivity index (χ0v) is 6.48. The van der Waals surface area contributed by atoms with E-state index in [4.69, 9.17) is 4.89 Å². The largest absolute Gasteiger partial charge is 0.344 e. The van der Waals surface area contributed by atoms with E-state index in [0.717, 1.165) is 0 Å². The molecule has 0 aromatic rings. The molecular weight excluding hydrogens is 123 g/mol. The maximum absolute atomic E-state index is 10.8. The van der Waals surface area contributed by atoms with Gasteiger partial charge in [0.05, 0.1) is 0 Å². The molecule has 0 rings (SSSR count). The number of hydrogen-bond donors (Lipinski definition) is 1. The van der Waals surface area contributed by atoms with Crippen LogP contribution in [0.2, 0.25) is 0 Å². The van der Waals surface area contributed by atoms with Crippen LogP contribution in [0.1, 0.15) is 20.8 Å². The molecule has 1 unspecified atom stereocenters. The Bertz CT molecular complexity index is 109. The Labute approximate surface area is 50.4 Å². The van der Waals surface area contributed by atoms with Crippen LogP contribution in [0.5, 0.6) is 0 Å². The van der Waals surface area contributed by atoms with Crippen molar-refractivity contribution in [2.75, 3.05) is 6.16 Å². The zero-order valence-electron chi connectivity index (χ0n) is 5.59. The van der Waals surface area contributed by atoms with Gasteiger partial charge in [-0.15, -0.1) is 0 Å². The fraction of sp³-hybridized carbons (Fsp3) is 1.00. The second kappa shape index (κ2) is 2.65. The van der Waals surface area contributed by atoms with Crippen molar-refractivity contribution in [2.45, 2.75) is 26.4 Å². The van der Waals surface area contributed by atoms with Crippen molar-refractivity contribution in [3.8, 4) is 0 Å². The van der Waals surface area contributed by atoms with Crippen LogP contribution in [-0.4, -0.2) is 16.7 Å². The van der Waals surface area contributed by atoms with E-state index in [1.807, 2.05) is 0 Å². The molecular formula is C5H13O2P.